The smallest absolute Gasteiger partial charge is 0.262 e. The molecule has 0 bridgehead atoms. The van der Waals surface area contributed by atoms with Gasteiger partial charge < -0.3 is 25.8 Å². The molecule has 1 atom stereocenters. The van der Waals surface area contributed by atoms with E-state index in [4.69, 9.17) is 15.2 Å². The van der Waals surface area contributed by atoms with Crippen LogP contribution >= 0.6 is 0 Å². The van der Waals surface area contributed by atoms with E-state index in [1.807, 2.05) is 0 Å². The van der Waals surface area contributed by atoms with Gasteiger partial charge in [-0.25, -0.2) is 0 Å². The van der Waals surface area contributed by atoms with Crippen molar-refractivity contribution in [1.82, 2.24) is 0 Å². The minimum absolute atomic E-state index is 0.0337. The molecule has 1 unspecified atom stereocenters. The predicted molar refractivity (Wildman–Crippen MR) is 77.2 cm³/mol. The zero-order valence-corrected chi connectivity index (χ0v) is 11.5. The summed E-state index contributed by atoms with van der Waals surface area (Å²) in [4.78, 5) is 23.5. The van der Waals surface area contributed by atoms with Crippen molar-refractivity contribution in [3.8, 4) is 5.75 Å². The normalized spacial score (nSPS) is 21.0. The zero-order chi connectivity index (χ0) is 14.8. The van der Waals surface area contributed by atoms with Gasteiger partial charge in [0.2, 0.25) is 0 Å². The first kappa shape index (κ1) is 13.7. The molecule has 2 heterocycles. The fourth-order valence-corrected chi connectivity index (χ4v) is 2.41. The maximum absolute atomic E-state index is 12.1. The van der Waals surface area contributed by atoms with Crippen LogP contribution in [0.1, 0.15) is 19.3 Å². The second kappa shape index (κ2) is 5.61. The number of hydrogen-bond acceptors (Lipinski definition) is 5. The summed E-state index contributed by atoms with van der Waals surface area (Å²) in [5.41, 5.74) is 7.24. The lowest BCUT2D eigenvalue weighted by Gasteiger charge is -2.23. The van der Waals surface area contributed by atoms with Gasteiger partial charge in [-0.2, -0.15) is 0 Å². The molecule has 112 valence electrons. The molecule has 4 N–H and O–H groups in total. The number of ether oxygens (including phenoxy) is 2. The van der Waals surface area contributed by atoms with Crippen LogP contribution in [0.15, 0.2) is 12.1 Å². The largest absolute Gasteiger partial charge is 0.482 e. The molecule has 1 saturated heterocycles. The van der Waals surface area contributed by atoms with E-state index in [1.165, 1.54) is 0 Å². The molecule has 0 spiro atoms. The Hall–Kier alpha value is -2.28. The van der Waals surface area contributed by atoms with E-state index >= 15 is 0 Å². The molecule has 3 rings (SSSR count). The van der Waals surface area contributed by atoms with Gasteiger partial charge in [0.1, 0.15) is 11.9 Å². The summed E-state index contributed by atoms with van der Waals surface area (Å²) in [7, 11) is 0. The molecule has 21 heavy (non-hydrogen) atoms. The number of anilines is 3. The second-order valence-electron chi connectivity index (χ2n) is 5.12. The molecule has 1 aromatic rings. The summed E-state index contributed by atoms with van der Waals surface area (Å²) in [6.45, 7) is 0.565. The third-order valence-electron chi connectivity index (χ3n) is 3.51. The third-order valence-corrected chi connectivity index (χ3v) is 3.51. The van der Waals surface area contributed by atoms with Crippen LogP contribution < -0.4 is 21.1 Å². The van der Waals surface area contributed by atoms with Crippen molar-refractivity contribution in [2.75, 3.05) is 29.6 Å². The highest BCUT2D eigenvalue weighted by Crippen LogP contribution is 2.35. The minimum Gasteiger partial charge on any atom is -0.482 e. The number of nitrogens with one attached hydrogen (secondary N) is 2. The van der Waals surface area contributed by atoms with E-state index in [9.17, 15) is 9.59 Å². The number of carbonyl (C=O) groups excluding carboxylic acids is 2. The van der Waals surface area contributed by atoms with Crippen molar-refractivity contribution in [2.45, 2.75) is 25.4 Å². The Bertz CT molecular complexity index is 582. The molecular formula is C14H17N3O4. The van der Waals surface area contributed by atoms with Gasteiger partial charge in [-0.15, -0.1) is 0 Å². The Labute approximate surface area is 121 Å². The van der Waals surface area contributed by atoms with Crippen LogP contribution in [-0.4, -0.2) is 31.1 Å². The number of hydrogen-bond donors (Lipinski definition) is 3. The molecule has 1 fully saturated rings. The first-order valence-corrected chi connectivity index (χ1v) is 6.92. The molecule has 7 heteroatoms. The topological polar surface area (TPSA) is 103 Å². The van der Waals surface area contributed by atoms with Crippen molar-refractivity contribution < 1.29 is 19.1 Å². The van der Waals surface area contributed by atoms with Crippen molar-refractivity contribution in [2.24, 2.45) is 0 Å². The second-order valence-corrected chi connectivity index (χ2v) is 5.12. The molecule has 2 aliphatic heterocycles. The van der Waals surface area contributed by atoms with Crippen LogP contribution in [0.5, 0.6) is 5.75 Å². The zero-order valence-electron chi connectivity index (χ0n) is 11.5. The first-order valence-electron chi connectivity index (χ1n) is 6.92. The number of nitrogen functional groups attached to an aromatic ring is 1. The van der Waals surface area contributed by atoms with Crippen molar-refractivity contribution in [1.29, 1.82) is 0 Å². The van der Waals surface area contributed by atoms with Crippen LogP contribution in [0, 0.1) is 0 Å². The highest BCUT2D eigenvalue weighted by Gasteiger charge is 2.24. The highest BCUT2D eigenvalue weighted by atomic mass is 16.5. The quantitative estimate of drug-likeness (QED) is 0.708. The number of nitrogens with two attached hydrogens (primary N) is 1. The molecule has 0 saturated carbocycles. The fraction of sp³-hybridized carbons (Fsp3) is 0.429. The van der Waals surface area contributed by atoms with Gasteiger partial charge in [0.25, 0.3) is 11.8 Å². The van der Waals surface area contributed by atoms with E-state index in [-0.39, 0.29) is 18.4 Å². The molecule has 7 nitrogen and oxygen atoms in total. The Morgan fingerprint density at radius 2 is 2.24 bits per heavy atom. The maximum atomic E-state index is 12.1. The molecule has 1 aromatic carbocycles. The minimum atomic E-state index is -0.444. The van der Waals surface area contributed by atoms with Crippen molar-refractivity contribution in [3.63, 3.8) is 0 Å². The Balaban J connectivity index is 1.77. The summed E-state index contributed by atoms with van der Waals surface area (Å²) >= 11 is 0. The van der Waals surface area contributed by atoms with Crippen LogP contribution in [0.25, 0.3) is 0 Å². The average molecular weight is 291 g/mol. The van der Waals surface area contributed by atoms with E-state index < -0.39 is 6.10 Å². The third kappa shape index (κ3) is 2.92. The van der Waals surface area contributed by atoms with Gasteiger partial charge in [0, 0.05) is 12.7 Å². The number of carbonyl (C=O) groups is 2. The average Bonchev–Trinajstić information content (AvgIpc) is 2.49. The SMILES string of the molecule is Nc1cc2c(cc1NC(=O)C1CCCCO1)NC(=O)CO2. The van der Waals surface area contributed by atoms with Crippen LogP contribution in [0.4, 0.5) is 17.1 Å². The van der Waals surface area contributed by atoms with Gasteiger partial charge in [0.15, 0.2) is 6.61 Å². The molecule has 0 aromatic heterocycles. The van der Waals surface area contributed by atoms with Crippen LogP contribution in [-0.2, 0) is 14.3 Å². The van der Waals surface area contributed by atoms with E-state index in [0.29, 0.717) is 35.8 Å². The standard InChI is InChI=1S/C14H17N3O4/c15-8-5-12-10(16-13(18)7-21-12)6-9(8)17-14(19)11-3-1-2-4-20-11/h5-6,11H,1-4,7,15H2,(H,16,18)(H,17,19). The summed E-state index contributed by atoms with van der Waals surface area (Å²) in [6, 6.07) is 3.19. The Morgan fingerprint density at radius 1 is 1.38 bits per heavy atom. The van der Waals surface area contributed by atoms with Crippen molar-refractivity contribution in [3.05, 3.63) is 12.1 Å². The van der Waals surface area contributed by atoms with E-state index in [0.717, 1.165) is 12.8 Å². The predicted octanol–water partition coefficient (Wildman–Crippen LogP) is 1.11. The maximum Gasteiger partial charge on any atom is 0.262 e. The fourth-order valence-electron chi connectivity index (χ4n) is 2.41. The summed E-state index contributed by atoms with van der Waals surface area (Å²) in [5.74, 6) is 0.0450. The first-order chi connectivity index (χ1) is 10.1. The number of benzene rings is 1. The van der Waals surface area contributed by atoms with Gasteiger partial charge in [0.05, 0.1) is 17.1 Å². The van der Waals surface area contributed by atoms with Gasteiger partial charge >= 0.3 is 0 Å². The van der Waals surface area contributed by atoms with Crippen LogP contribution in [0.3, 0.4) is 0 Å². The lowest BCUT2D eigenvalue weighted by atomic mass is 10.1. The molecule has 2 aliphatic rings. The van der Waals surface area contributed by atoms with Crippen molar-refractivity contribution >= 4 is 28.9 Å². The summed E-state index contributed by atoms with van der Waals surface area (Å²) in [6.07, 6.45) is 2.21. The molecular weight excluding hydrogens is 274 g/mol. The van der Waals surface area contributed by atoms with E-state index in [2.05, 4.69) is 10.6 Å². The Morgan fingerprint density at radius 3 is 3.00 bits per heavy atom. The number of fused-ring (bicyclic) bond motifs is 1. The molecule has 0 aliphatic carbocycles. The summed E-state index contributed by atoms with van der Waals surface area (Å²) < 4.78 is 10.7. The number of rotatable bonds is 2. The Kier molecular flexibility index (Phi) is 3.66. The summed E-state index contributed by atoms with van der Waals surface area (Å²) in [5, 5.41) is 5.43. The van der Waals surface area contributed by atoms with Gasteiger partial charge in [-0.1, -0.05) is 0 Å². The molecule has 0 radical (unpaired) electrons. The van der Waals surface area contributed by atoms with E-state index in [1.54, 1.807) is 12.1 Å². The lowest BCUT2D eigenvalue weighted by Crippen LogP contribution is -2.33. The molecule has 2 amide bonds. The monoisotopic (exact) mass is 291 g/mol. The van der Waals surface area contributed by atoms with Gasteiger partial charge in [-0.05, 0) is 25.3 Å². The van der Waals surface area contributed by atoms with Crippen LogP contribution in [0.2, 0.25) is 0 Å². The highest BCUT2D eigenvalue weighted by molar-refractivity contribution is 6.01. The number of amides is 2. The lowest BCUT2D eigenvalue weighted by molar-refractivity contribution is -0.130. The van der Waals surface area contributed by atoms with Gasteiger partial charge in [-0.3, -0.25) is 9.59 Å².